The third-order valence-electron chi connectivity index (χ3n) is 4.60. The van der Waals surface area contributed by atoms with Crippen molar-refractivity contribution >= 4 is 23.4 Å². The van der Waals surface area contributed by atoms with Crippen molar-refractivity contribution in [1.29, 1.82) is 0 Å². The second-order valence-corrected chi connectivity index (χ2v) is 8.29. The van der Waals surface area contributed by atoms with Crippen LogP contribution in [0.15, 0.2) is 47.4 Å². The zero-order valence-corrected chi connectivity index (χ0v) is 15.8. The highest BCUT2D eigenvalue weighted by Gasteiger charge is 2.27. The summed E-state index contributed by atoms with van der Waals surface area (Å²) in [5.74, 6) is -0.553. The molecular formula is C20H22ClF2NS. The molecule has 2 unspecified atom stereocenters. The Bertz CT molecular complexity index is 701. The Balaban J connectivity index is 1.86. The maximum absolute atomic E-state index is 14.4. The summed E-state index contributed by atoms with van der Waals surface area (Å²) >= 11 is 7.53. The predicted octanol–water partition coefficient (Wildman–Crippen LogP) is 6.18. The summed E-state index contributed by atoms with van der Waals surface area (Å²) in [7, 11) is 0. The Labute approximate surface area is 157 Å². The van der Waals surface area contributed by atoms with E-state index in [1.165, 1.54) is 31.0 Å². The maximum Gasteiger partial charge on any atom is 0.127 e. The molecule has 0 amide bonds. The van der Waals surface area contributed by atoms with Gasteiger partial charge >= 0.3 is 0 Å². The minimum absolute atomic E-state index is 0.155. The van der Waals surface area contributed by atoms with Gasteiger partial charge in [-0.3, -0.25) is 0 Å². The lowest BCUT2D eigenvalue weighted by atomic mass is 9.99. The zero-order chi connectivity index (χ0) is 17.8. The fourth-order valence-electron chi connectivity index (χ4n) is 3.35. The van der Waals surface area contributed by atoms with E-state index < -0.39 is 5.82 Å². The SMILES string of the molecule is CC(CN1CCCC1)C(Sc1ccc(Cl)cc1)c1cc(F)ccc1F. The fourth-order valence-corrected chi connectivity index (χ4v) is 4.69. The van der Waals surface area contributed by atoms with Crippen LogP contribution in [-0.2, 0) is 0 Å². The Hall–Kier alpha value is -1.10. The molecule has 5 heteroatoms. The number of nitrogens with zero attached hydrogens (tertiary/aromatic N) is 1. The minimum atomic E-state index is -0.397. The van der Waals surface area contributed by atoms with E-state index in [1.54, 1.807) is 11.8 Å². The first-order chi connectivity index (χ1) is 12.0. The largest absolute Gasteiger partial charge is 0.303 e. The molecule has 1 nitrogen and oxygen atoms in total. The number of halogens is 3. The van der Waals surface area contributed by atoms with Gasteiger partial charge in [0.15, 0.2) is 0 Å². The molecule has 1 aliphatic heterocycles. The Morgan fingerprint density at radius 3 is 2.44 bits per heavy atom. The molecular weight excluding hydrogens is 360 g/mol. The summed E-state index contributed by atoms with van der Waals surface area (Å²) in [6.45, 7) is 5.19. The highest BCUT2D eigenvalue weighted by Crippen LogP contribution is 2.42. The van der Waals surface area contributed by atoms with Gasteiger partial charge in [-0.2, -0.15) is 0 Å². The van der Waals surface area contributed by atoms with E-state index in [1.807, 2.05) is 24.3 Å². The van der Waals surface area contributed by atoms with Crippen molar-refractivity contribution in [3.63, 3.8) is 0 Å². The molecule has 2 atom stereocenters. The number of benzene rings is 2. The third-order valence-corrected chi connectivity index (χ3v) is 6.37. The van der Waals surface area contributed by atoms with Crippen LogP contribution in [-0.4, -0.2) is 24.5 Å². The van der Waals surface area contributed by atoms with E-state index in [2.05, 4.69) is 11.8 Å². The summed E-state index contributed by atoms with van der Waals surface area (Å²) in [4.78, 5) is 3.42. The van der Waals surface area contributed by atoms with Gasteiger partial charge in [0.25, 0.3) is 0 Å². The van der Waals surface area contributed by atoms with Gasteiger partial charge in [-0.05, 0) is 74.3 Å². The first-order valence-electron chi connectivity index (χ1n) is 8.62. The van der Waals surface area contributed by atoms with E-state index in [0.717, 1.165) is 24.5 Å². The molecule has 1 fully saturated rings. The van der Waals surface area contributed by atoms with Gasteiger partial charge in [0.2, 0.25) is 0 Å². The summed E-state index contributed by atoms with van der Waals surface area (Å²) < 4.78 is 28.2. The Morgan fingerprint density at radius 2 is 1.76 bits per heavy atom. The molecule has 0 aliphatic carbocycles. The summed E-state index contributed by atoms with van der Waals surface area (Å²) in [6.07, 6.45) is 2.44. The lowest BCUT2D eigenvalue weighted by Gasteiger charge is -2.28. The van der Waals surface area contributed by atoms with Gasteiger partial charge in [0.1, 0.15) is 11.6 Å². The minimum Gasteiger partial charge on any atom is -0.303 e. The zero-order valence-electron chi connectivity index (χ0n) is 14.2. The van der Waals surface area contributed by atoms with Crippen molar-refractivity contribution in [3.8, 4) is 0 Å². The van der Waals surface area contributed by atoms with Crippen molar-refractivity contribution in [2.45, 2.75) is 29.9 Å². The van der Waals surface area contributed by atoms with Gasteiger partial charge < -0.3 is 4.90 Å². The Kier molecular flexibility index (Phi) is 6.37. The lowest BCUT2D eigenvalue weighted by molar-refractivity contribution is 0.284. The van der Waals surface area contributed by atoms with Crippen LogP contribution >= 0.6 is 23.4 Å². The lowest BCUT2D eigenvalue weighted by Crippen LogP contribution is -2.28. The molecule has 0 saturated carbocycles. The molecule has 0 aromatic heterocycles. The average molecular weight is 382 g/mol. The molecule has 3 rings (SSSR count). The van der Waals surface area contributed by atoms with Gasteiger partial charge in [0, 0.05) is 27.3 Å². The summed E-state index contributed by atoms with van der Waals surface area (Å²) in [6, 6.07) is 11.3. The van der Waals surface area contributed by atoms with E-state index in [0.29, 0.717) is 10.6 Å². The van der Waals surface area contributed by atoms with Gasteiger partial charge in [-0.15, -0.1) is 11.8 Å². The van der Waals surface area contributed by atoms with Gasteiger partial charge in [-0.1, -0.05) is 18.5 Å². The molecule has 2 aromatic carbocycles. The number of rotatable bonds is 6. The molecule has 134 valence electrons. The van der Waals surface area contributed by atoms with E-state index in [-0.39, 0.29) is 17.0 Å². The first kappa shape index (κ1) is 18.7. The molecule has 25 heavy (non-hydrogen) atoms. The highest BCUT2D eigenvalue weighted by molar-refractivity contribution is 7.99. The number of hydrogen-bond acceptors (Lipinski definition) is 2. The second-order valence-electron chi connectivity index (χ2n) is 6.64. The Morgan fingerprint density at radius 1 is 1.08 bits per heavy atom. The monoisotopic (exact) mass is 381 g/mol. The van der Waals surface area contributed by atoms with Crippen LogP contribution in [0.25, 0.3) is 0 Å². The molecule has 2 aromatic rings. The standard InChI is InChI=1S/C20H22ClF2NS/c1-14(13-24-10-2-3-11-24)20(18-12-16(22)6-9-19(18)23)25-17-7-4-15(21)5-8-17/h4-9,12,14,20H,2-3,10-11,13H2,1H3. The van der Waals surface area contributed by atoms with Crippen LogP contribution in [0.5, 0.6) is 0 Å². The average Bonchev–Trinajstić information content (AvgIpc) is 3.09. The molecule has 1 aliphatic rings. The third kappa shape index (κ3) is 4.96. The number of hydrogen-bond donors (Lipinski definition) is 0. The fraction of sp³-hybridized carbons (Fsp3) is 0.400. The van der Waals surface area contributed by atoms with Crippen LogP contribution in [0, 0.1) is 17.6 Å². The van der Waals surface area contributed by atoms with Crippen molar-refractivity contribution in [2.75, 3.05) is 19.6 Å². The van der Waals surface area contributed by atoms with Crippen LogP contribution < -0.4 is 0 Å². The van der Waals surface area contributed by atoms with Crippen LogP contribution in [0.3, 0.4) is 0 Å². The quantitative estimate of drug-likeness (QED) is 0.549. The van der Waals surface area contributed by atoms with Crippen molar-refractivity contribution in [3.05, 3.63) is 64.7 Å². The molecule has 0 radical (unpaired) electrons. The van der Waals surface area contributed by atoms with E-state index >= 15 is 0 Å². The second kappa shape index (κ2) is 8.52. The molecule has 1 heterocycles. The number of thioether (sulfide) groups is 1. The highest BCUT2D eigenvalue weighted by atomic mass is 35.5. The summed E-state index contributed by atoms with van der Waals surface area (Å²) in [5, 5.41) is 0.514. The first-order valence-corrected chi connectivity index (χ1v) is 9.88. The van der Waals surface area contributed by atoms with Gasteiger partial charge in [-0.25, -0.2) is 8.78 Å². The van der Waals surface area contributed by atoms with Crippen LogP contribution in [0.4, 0.5) is 8.78 Å². The van der Waals surface area contributed by atoms with Crippen molar-refractivity contribution in [2.24, 2.45) is 5.92 Å². The smallest absolute Gasteiger partial charge is 0.127 e. The van der Waals surface area contributed by atoms with Crippen molar-refractivity contribution < 1.29 is 8.78 Å². The molecule has 0 spiro atoms. The van der Waals surface area contributed by atoms with E-state index in [9.17, 15) is 8.78 Å². The number of likely N-dealkylation sites (tertiary alicyclic amines) is 1. The molecule has 0 bridgehead atoms. The normalized spacial score (nSPS) is 17.6. The van der Waals surface area contributed by atoms with Crippen molar-refractivity contribution in [1.82, 2.24) is 4.90 Å². The predicted molar refractivity (Wildman–Crippen MR) is 101 cm³/mol. The molecule has 0 N–H and O–H groups in total. The molecule has 1 saturated heterocycles. The topological polar surface area (TPSA) is 3.24 Å². The maximum atomic E-state index is 14.4. The summed E-state index contributed by atoms with van der Waals surface area (Å²) in [5.41, 5.74) is 0.437. The van der Waals surface area contributed by atoms with Crippen LogP contribution in [0.2, 0.25) is 5.02 Å². The van der Waals surface area contributed by atoms with Gasteiger partial charge in [0.05, 0.1) is 0 Å². The van der Waals surface area contributed by atoms with Crippen LogP contribution in [0.1, 0.15) is 30.6 Å². The van der Waals surface area contributed by atoms with E-state index in [4.69, 9.17) is 11.6 Å².